The molecule has 0 fully saturated rings. The Balaban J connectivity index is 2.38. The molecule has 8 heteroatoms. The molecule has 0 aliphatic rings. The Bertz CT molecular complexity index is 781. The van der Waals surface area contributed by atoms with Crippen molar-refractivity contribution < 1.29 is 12.8 Å². The van der Waals surface area contributed by atoms with E-state index in [0.717, 1.165) is 6.07 Å². The minimum Gasteiger partial charge on any atom is -0.372 e. The van der Waals surface area contributed by atoms with Crippen molar-refractivity contribution in [2.75, 3.05) is 17.1 Å². The van der Waals surface area contributed by atoms with Crippen LogP contribution in [0.1, 0.15) is 5.56 Å². The van der Waals surface area contributed by atoms with Crippen molar-refractivity contribution in [1.29, 1.82) is 0 Å². The monoisotopic (exact) mass is 329 g/mol. The summed E-state index contributed by atoms with van der Waals surface area (Å²) in [6.45, 7) is 1.67. The van der Waals surface area contributed by atoms with E-state index in [2.05, 4.69) is 15.0 Å². The van der Waals surface area contributed by atoms with Crippen molar-refractivity contribution in [2.45, 2.75) is 11.8 Å². The van der Waals surface area contributed by atoms with E-state index in [4.69, 9.17) is 11.6 Å². The summed E-state index contributed by atoms with van der Waals surface area (Å²) < 4.78 is 40.1. The standard InChI is InChI=1S/C13H13ClFN3O2S/c1-8-3-4-9(15)5-12(8)18-21(19,20)10-6-11(14)13(16-2)17-7-10/h3-7,18H,1-2H3,(H,16,17). The zero-order valence-corrected chi connectivity index (χ0v) is 12.9. The van der Waals surface area contributed by atoms with Crippen LogP contribution in [-0.2, 0) is 10.0 Å². The van der Waals surface area contributed by atoms with Gasteiger partial charge in [-0.05, 0) is 30.7 Å². The zero-order chi connectivity index (χ0) is 15.6. The Morgan fingerprint density at radius 1 is 1.29 bits per heavy atom. The van der Waals surface area contributed by atoms with E-state index in [1.54, 1.807) is 14.0 Å². The smallest absolute Gasteiger partial charge is 0.263 e. The van der Waals surface area contributed by atoms with Crippen LogP contribution in [0, 0.1) is 12.7 Å². The van der Waals surface area contributed by atoms with Crippen molar-refractivity contribution >= 4 is 33.1 Å². The summed E-state index contributed by atoms with van der Waals surface area (Å²) in [6.07, 6.45) is 1.18. The lowest BCUT2D eigenvalue weighted by atomic mass is 10.2. The van der Waals surface area contributed by atoms with E-state index in [1.165, 1.54) is 24.4 Å². The van der Waals surface area contributed by atoms with Gasteiger partial charge in [0.1, 0.15) is 16.5 Å². The van der Waals surface area contributed by atoms with Crippen LogP contribution in [0.15, 0.2) is 35.4 Å². The third-order valence-electron chi connectivity index (χ3n) is 2.81. The second kappa shape index (κ2) is 5.87. The molecule has 0 aliphatic heterocycles. The summed E-state index contributed by atoms with van der Waals surface area (Å²) >= 11 is 5.92. The number of benzene rings is 1. The quantitative estimate of drug-likeness (QED) is 0.904. The predicted octanol–water partition coefficient (Wildman–Crippen LogP) is 3.03. The van der Waals surface area contributed by atoms with E-state index < -0.39 is 15.8 Å². The van der Waals surface area contributed by atoms with Crippen LogP contribution in [0.25, 0.3) is 0 Å². The van der Waals surface area contributed by atoms with Gasteiger partial charge in [-0.15, -0.1) is 0 Å². The van der Waals surface area contributed by atoms with Crippen molar-refractivity contribution in [3.05, 3.63) is 46.9 Å². The third-order valence-corrected chi connectivity index (χ3v) is 4.43. The molecule has 21 heavy (non-hydrogen) atoms. The number of anilines is 2. The number of aromatic nitrogens is 1. The van der Waals surface area contributed by atoms with Gasteiger partial charge in [0.05, 0.1) is 10.7 Å². The fourth-order valence-electron chi connectivity index (χ4n) is 1.66. The molecular weight excluding hydrogens is 317 g/mol. The SMILES string of the molecule is CNc1ncc(S(=O)(=O)Nc2cc(F)ccc2C)cc1Cl. The molecule has 0 atom stereocenters. The molecule has 0 spiro atoms. The lowest BCUT2D eigenvalue weighted by molar-refractivity contribution is 0.600. The van der Waals surface area contributed by atoms with E-state index in [9.17, 15) is 12.8 Å². The highest BCUT2D eigenvalue weighted by molar-refractivity contribution is 7.92. The Morgan fingerprint density at radius 3 is 2.62 bits per heavy atom. The van der Waals surface area contributed by atoms with E-state index in [-0.39, 0.29) is 15.6 Å². The normalized spacial score (nSPS) is 11.2. The lowest BCUT2D eigenvalue weighted by Gasteiger charge is -2.11. The Labute approximate surface area is 127 Å². The number of hydrogen-bond acceptors (Lipinski definition) is 4. The van der Waals surface area contributed by atoms with E-state index in [1.807, 2.05) is 0 Å². The zero-order valence-electron chi connectivity index (χ0n) is 11.3. The molecule has 2 rings (SSSR count). The van der Waals surface area contributed by atoms with Gasteiger partial charge < -0.3 is 5.32 Å². The molecule has 0 amide bonds. The van der Waals surface area contributed by atoms with Crippen molar-refractivity contribution in [1.82, 2.24) is 4.98 Å². The average Bonchev–Trinajstić information content (AvgIpc) is 2.42. The number of nitrogens with one attached hydrogen (secondary N) is 2. The number of aryl methyl sites for hydroxylation is 1. The van der Waals surface area contributed by atoms with Crippen LogP contribution >= 0.6 is 11.6 Å². The molecule has 0 aliphatic carbocycles. The number of rotatable bonds is 4. The summed E-state index contributed by atoms with van der Waals surface area (Å²) in [5, 5.41) is 2.91. The van der Waals surface area contributed by atoms with E-state index >= 15 is 0 Å². The molecule has 1 aromatic heterocycles. The van der Waals surface area contributed by atoms with Gasteiger partial charge in [0.2, 0.25) is 0 Å². The molecule has 2 N–H and O–H groups in total. The van der Waals surface area contributed by atoms with Gasteiger partial charge in [0.15, 0.2) is 0 Å². The summed E-state index contributed by atoms with van der Waals surface area (Å²) in [5.74, 6) is -0.155. The van der Waals surface area contributed by atoms with Crippen molar-refractivity contribution in [3.63, 3.8) is 0 Å². The summed E-state index contributed by atoms with van der Waals surface area (Å²) in [7, 11) is -2.27. The maximum atomic E-state index is 13.2. The summed E-state index contributed by atoms with van der Waals surface area (Å²) in [5.41, 5.74) is 0.773. The molecule has 0 radical (unpaired) electrons. The van der Waals surface area contributed by atoms with Crippen LogP contribution in [0.3, 0.4) is 0 Å². The fourth-order valence-corrected chi connectivity index (χ4v) is 3.08. The first kappa shape index (κ1) is 15.5. The lowest BCUT2D eigenvalue weighted by Crippen LogP contribution is -2.14. The second-order valence-electron chi connectivity index (χ2n) is 4.32. The number of pyridine rings is 1. The van der Waals surface area contributed by atoms with Crippen LogP contribution in [0.4, 0.5) is 15.9 Å². The molecule has 112 valence electrons. The van der Waals surface area contributed by atoms with Gasteiger partial charge in [-0.2, -0.15) is 0 Å². The van der Waals surface area contributed by atoms with Gasteiger partial charge in [0.25, 0.3) is 10.0 Å². The summed E-state index contributed by atoms with van der Waals surface area (Å²) in [6, 6.07) is 5.14. The number of halogens is 2. The molecule has 0 saturated carbocycles. The van der Waals surface area contributed by atoms with Crippen molar-refractivity contribution in [2.24, 2.45) is 0 Å². The molecular formula is C13H13ClFN3O2S. The van der Waals surface area contributed by atoms with Crippen LogP contribution in [0.2, 0.25) is 5.02 Å². The molecule has 0 unspecified atom stereocenters. The second-order valence-corrected chi connectivity index (χ2v) is 6.41. The molecule has 0 saturated heterocycles. The van der Waals surface area contributed by atoms with Crippen molar-refractivity contribution in [3.8, 4) is 0 Å². The predicted molar refractivity (Wildman–Crippen MR) is 80.7 cm³/mol. The van der Waals surface area contributed by atoms with Crippen LogP contribution in [0.5, 0.6) is 0 Å². The Kier molecular flexibility index (Phi) is 4.34. The topological polar surface area (TPSA) is 71.1 Å². The average molecular weight is 330 g/mol. The highest BCUT2D eigenvalue weighted by Gasteiger charge is 2.18. The molecule has 1 heterocycles. The third kappa shape index (κ3) is 3.43. The minimum atomic E-state index is -3.89. The maximum Gasteiger partial charge on any atom is 0.263 e. The van der Waals surface area contributed by atoms with E-state index in [0.29, 0.717) is 11.4 Å². The first-order valence-electron chi connectivity index (χ1n) is 5.96. The van der Waals surface area contributed by atoms with Gasteiger partial charge in [-0.1, -0.05) is 17.7 Å². The molecule has 5 nitrogen and oxygen atoms in total. The molecule has 2 aromatic rings. The Hall–Kier alpha value is -1.86. The van der Waals surface area contributed by atoms with Gasteiger partial charge in [-0.25, -0.2) is 17.8 Å². The number of sulfonamides is 1. The first-order valence-corrected chi connectivity index (χ1v) is 7.82. The highest BCUT2D eigenvalue weighted by Crippen LogP contribution is 2.25. The fraction of sp³-hybridized carbons (Fsp3) is 0.154. The van der Waals surface area contributed by atoms with Gasteiger partial charge in [0, 0.05) is 13.2 Å². The van der Waals surface area contributed by atoms with Gasteiger partial charge in [-0.3, -0.25) is 4.72 Å². The Morgan fingerprint density at radius 2 is 2.00 bits per heavy atom. The number of nitrogens with zero attached hydrogens (tertiary/aromatic N) is 1. The largest absolute Gasteiger partial charge is 0.372 e. The highest BCUT2D eigenvalue weighted by atomic mass is 35.5. The summed E-state index contributed by atoms with van der Waals surface area (Å²) in [4.78, 5) is 3.81. The molecule has 1 aromatic carbocycles. The molecule has 0 bridgehead atoms. The maximum absolute atomic E-state index is 13.2. The van der Waals surface area contributed by atoms with Crippen LogP contribution < -0.4 is 10.0 Å². The minimum absolute atomic E-state index is 0.102. The van der Waals surface area contributed by atoms with Crippen LogP contribution in [-0.4, -0.2) is 20.4 Å². The number of hydrogen-bond donors (Lipinski definition) is 2. The first-order chi connectivity index (χ1) is 9.83. The van der Waals surface area contributed by atoms with Gasteiger partial charge >= 0.3 is 0 Å².